The SMILES string of the molecule is C[C@@H]1C[C@H](N)CN(C(=O)OCc2ccccc2)C1.Cl. The third-order valence-corrected chi connectivity index (χ3v) is 3.16. The van der Waals surface area contributed by atoms with E-state index < -0.39 is 0 Å². The molecule has 1 amide bonds. The number of halogens is 1. The van der Waals surface area contributed by atoms with Crippen molar-refractivity contribution in [2.45, 2.75) is 26.0 Å². The molecule has 0 aliphatic carbocycles. The van der Waals surface area contributed by atoms with E-state index in [1.54, 1.807) is 4.90 Å². The predicted octanol–water partition coefficient (Wildman–Crippen LogP) is 2.41. The minimum absolute atomic E-state index is 0. The number of hydrogen-bond donors (Lipinski definition) is 1. The van der Waals surface area contributed by atoms with E-state index in [1.165, 1.54) is 0 Å². The number of carbonyl (C=O) groups excluding carboxylic acids is 1. The molecule has 1 saturated heterocycles. The van der Waals surface area contributed by atoms with Gasteiger partial charge in [-0.05, 0) is 17.9 Å². The first-order chi connectivity index (χ1) is 8.65. The Bertz CT molecular complexity index is 390. The van der Waals surface area contributed by atoms with Gasteiger partial charge in [0.1, 0.15) is 6.61 Å². The molecule has 2 rings (SSSR count). The number of rotatable bonds is 2. The Morgan fingerprint density at radius 3 is 2.68 bits per heavy atom. The lowest BCUT2D eigenvalue weighted by atomic mass is 9.97. The fourth-order valence-corrected chi connectivity index (χ4v) is 2.36. The standard InChI is InChI=1S/C14H20N2O2.ClH/c1-11-7-13(15)9-16(8-11)14(17)18-10-12-5-3-2-4-6-12;/h2-6,11,13H,7-10,15H2,1H3;1H/t11-,13+;/m1./s1. The lowest BCUT2D eigenvalue weighted by Crippen LogP contribution is -2.48. The first kappa shape index (κ1) is 15.8. The molecule has 0 unspecified atom stereocenters. The molecule has 2 atom stereocenters. The van der Waals surface area contributed by atoms with Crippen molar-refractivity contribution in [3.05, 3.63) is 35.9 Å². The first-order valence-electron chi connectivity index (χ1n) is 6.36. The Morgan fingerprint density at radius 1 is 1.37 bits per heavy atom. The van der Waals surface area contributed by atoms with Gasteiger partial charge in [-0.3, -0.25) is 0 Å². The molecule has 5 heteroatoms. The van der Waals surface area contributed by atoms with Crippen LogP contribution in [0, 0.1) is 5.92 Å². The molecule has 19 heavy (non-hydrogen) atoms. The van der Waals surface area contributed by atoms with Crippen molar-refractivity contribution in [1.29, 1.82) is 0 Å². The van der Waals surface area contributed by atoms with E-state index in [1.807, 2.05) is 30.3 Å². The lowest BCUT2D eigenvalue weighted by Gasteiger charge is -2.33. The molecule has 0 spiro atoms. The molecule has 0 bridgehead atoms. The Balaban J connectivity index is 0.00000180. The van der Waals surface area contributed by atoms with Crippen LogP contribution in [0.15, 0.2) is 30.3 Å². The molecular formula is C14H21ClN2O2. The topological polar surface area (TPSA) is 55.6 Å². The van der Waals surface area contributed by atoms with Crippen LogP contribution in [-0.2, 0) is 11.3 Å². The Hall–Kier alpha value is -1.26. The minimum atomic E-state index is -0.263. The summed E-state index contributed by atoms with van der Waals surface area (Å²) < 4.78 is 5.30. The summed E-state index contributed by atoms with van der Waals surface area (Å²) in [5.41, 5.74) is 6.91. The number of amides is 1. The molecule has 1 aromatic rings. The largest absolute Gasteiger partial charge is 0.445 e. The molecule has 106 valence electrons. The van der Waals surface area contributed by atoms with Crippen molar-refractivity contribution in [2.24, 2.45) is 11.7 Å². The second-order valence-electron chi connectivity index (χ2n) is 5.05. The van der Waals surface area contributed by atoms with E-state index in [9.17, 15) is 4.79 Å². The number of ether oxygens (including phenoxy) is 1. The summed E-state index contributed by atoms with van der Waals surface area (Å²) in [7, 11) is 0. The lowest BCUT2D eigenvalue weighted by molar-refractivity contribution is 0.0767. The summed E-state index contributed by atoms with van der Waals surface area (Å²) in [6, 6.07) is 9.76. The molecule has 1 aliphatic heterocycles. The van der Waals surface area contributed by atoms with Gasteiger partial charge in [-0.1, -0.05) is 37.3 Å². The quantitative estimate of drug-likeness (QED) is 0.907. The zero-order valence-electron chi connectivity index (χ0n) is 11.1. The van der Waals surface area contributed by atoms with Gasteiger partial charge in [0, 0.05) is 19.1 Å². The number of carbonyl (C=O) groups is 1. The number of nitrogens with zero attached hydrogens (tertiary/aromatic N) is 1. The summed E-state index contributed by atoms with van der Waals surface area (Å²) in [4.78, 5) is 13.6. The number of benzene rings is 1. The normalized spacial score (nSPS) is 22.5. The van der Waals surface area contributed by atoms with Crippen molar-refractivity contribution in [3.8, 4) is 0 Å². The van der Waals surface area contributed by atoms with Crippen molar-refractivity contribution < 1.29 is 9.53 Å². The highest BCUT2D eigenvalue weighted by Crippen LogP contribution is 2.16. The van der Waals surface area contributed by atoms with E-state index in [4.69, 9.17) is 10.5 Å². The highest BCUT2D eigenvalue weighted by Gasteiger charge is 2.26. The maximum absolute atomic E-state index is 11.9. The van der Waals surface area contributed by atoms with Crippen LogP contribution >= 0.6 is 12.4 Å². The number of nitrogens with two attached hydrogens (primary N) is 1. The van der Waals surface area contributed by atoms with Gasteiger partial charge in [0.15, 0.2) is 0 Å². The van der Waals surface area contributed by atoms with E-state index >= 15 is 0 Å². The molecular weight excluding hydrogens is 264 g/mol. The summed E-state index contributed by atoms with van der Waals surface area (Å²) in [5, 5.41) is 0. The Morgan fingerprint density at radius 2 is 2.05 bits per heavy atom. The highest BCUT2D eigenvalue weighted by atomic mass is 35.5. The maximum atomic E-state index is 11.9. The zero-order chi connectivity index (χ0) is 13.0. The van der Waals surface area contributed by atoms with Crippen LogP contribution in [0.25, 0.3) is 0 Å². The van der Waals surface area contributed by atoms with Crippen LogP contribution in [0.5, 0.6) is 0 Å². The summed E-state index contributed by atoms with van der Waals surface area (Å²) in [6.45, 7) is 3.76. The fraction of sp³-hybridized carbons (Fsp3) is 0.500. The molecule has 1 aliphatic rings. The first-order valence-corrected chi connectivity index (χ1v) is 6.36. The molecule has 0 radical (unpaired) electrons. The molecule has 1 fully saturated rings. The van der Waals surface area contributed by atoms with Crippen LogP contribution < -0.4 is 5.73 Å². The van der Waals surface area contributed by atoms with Gasteiger partial charge in [0.05, 0.1) is 0 Å². The third kappa shape index (κ3) is 4.73. The number of hydrogen-bond acceptors (Lipinski definition) is 3. The van der Waals surface area contributed by atoms with Crippen molar-refractivity contribution in [2.75, 3.05) is 13.1 Å². The predicted molar refractivity (Wildman–Crippen MR) is 77.2 cm³/mol. The van der Waals surface area contributed by atoms with Crippen molar-refractivity contribution in [3.63, 3.8) is 0 Å². The number of likely N-dealkylation sites (tertiary alicyclic amines) is 1. The molecule has 0 saturated carbocycles. The van der Waals surface area contributed by atoms with E-state index in [0.29, 0.717) is 19.1 Å². The summed E-state index contributed by atoms with van der Waals surface area (Å²) in [5.74, 6) is 0.443. The molecule has 4 nitrogen and oxygen atoms in total. The average molecular weight is 285 g/mol. The van der Waals surface area contributed by atoms with E-state index in [-0.39, 0.29) is 24.5 Å². The maximum Gasteiger partial charge on any atom is 0.410 e. The van der Waals surface area contributed by atoms with Crippen molar-refractivity contribution >= 4 is 18.5 Å². The second kappa shape index (κ2) is 7.36. The fourth-order valence-electron chi connectivity index (χ4n) is 2.36. The third-order valence-electron chi connectivity index (χ3n) is 3.16. The van der Waals surface area contributed by atoms with Gasteiger partial charge in [-0.25, -0.2) is 4.79 Å². The molecule has 0 aromatic heterocycles. The monoisotopic (exact) mass is 284 g/mol. The zero-order valence-corrected chi connectivity index (χ0v) is 11.9. The van der Waals surface area contributed by atoms with Crippen molar-refractivity contribution in [1.82, 2.24) is 4.90 Å². The van der Waals surface area contributed by atoms with Gasteiger partial charge in [-0.15, -0.1) is 12.4 Å². The van der Waals surface area contributed by atoms with Gasteiger partial charge in [-0.2, -0.15) is 0 Å². The van der Waals surface area contributed by atoms with Crippen LogP contribution in [-0.4, -0.2) is 30.1 Å². The molecule has 1 aromatic carbocycles. The van der Waals surface area contributed by atoms with Crippen LogP contribution in [0.2, 0.25) is 0 Å². The van der Waals surface area contributed by atoms with Crippen LogP contribution in [0.1, 0.15) is 18.9 Å². The Labute approximate surface area is 120 Å². The van der Waals surface area contributed by atoms with Gasteiger partial charge < -0.3 is 15.4 Å². The smallest absolute Gasteiger partial charge is 0.410 e. The van der Waals surface area contributed by atoms with Crippen LogP contribution in [0.4, 0.5) is 4.79 Å². The summed E-state index contributed by atoms with van der Waals surface area (Å²) in [6.07, 6.45) is 0.712. The molecule has 1 heterocycles. The van der Waals surface area contributed by atoms with Gasteiger partial charge in [0.2, 0.25) is 0 Å². The van der Waals surface area contributed by atoms with Crippen LogP contribution in [0.3, 0.4) is 0 Å². The van der Waals surface area contributed by atoms with E-state index in [0.717, 1.165) is 18.5 Å². The average Bonchev–Trinajstić information content (AvgIpc) is 2.36. The highest BCUT2D eigenvalue weighted by molar-refractivity contribution is 5.85. The Kier molecular flexibility index (Phi) is 6.12. The minimum Gasteiger partial charge on any atom is -0.445 e. The summed E-state index contributed by atoms with van der Waals surface area (Å²) >= 11 is 0. The number of piperidine rings is 1. The van der Waals surface area contributed by atoms with E-state index in [2.05, 4.69) is 6.92 Å². The molecule has 2 N–H and O–H groups in total. The van der Waals surface area contributed by atoms with Gasteiger partial charge >= 0.3 is 6.09 Å². The van der Waals surface area contributed by atoms with Gasteiger partial charge in [0.25, 0.3) is 0 Å². The second-order valence-corrected chi connectivity index (χ2v) is 5.05.